The Hall–Kier alpha value is -1.17. The largest absolute Gasteiger partial charge is 0.337 e. The fraction of sp³-hybridized carbons (Fsp3) is 0. The first-order valence-corrected chi connectivity index (χ1v) is 7.07. The summed E-state index contributed by atoms with van der Waals surface area (Å²) in [4.78, 5) is 0. The van der Waals surface area contributed by atoms with E-state index in [-0.39, 0.29) is 0 Å². The molecule has 0 aliphatic heterocycles. The number of rotatable bonds is 2. The normalized spacial score (nSPS) is 10.8. The van der Waals surface area contributed by atoms with E-state index < -0.39 is 0 Å². The third-order valence-electron chi connectivity index (χ3n) is 2.51. The minimum Gasteiger partial charge on any atom is -0.337 e. The molecule has 0 bridgehead atoms. The summed E-state index contributed by atoms with van der Waals surface area (Å²) in [6.45, 7) is 0. The molecule has 0 aliphatic rings. The average molecular weight is 341 g/mol. The van der Waals surface area contributed by atoms with Gasteiger partial charge >= 0.3 is 0 Å². The highest BCUT2D eigenvalue weighted by atomic mass is 79.9. The van der Waals surface area contributed by atoms with Gasteiger partial charge in [-0.15, -0.1) is 0 Å². The molecule has 0 unspecified atom stereocenters. The van der Waals surface area contributed by atoms with E-state index in [4.69, 9.17) is 11.6 Å². The van der Waals surface area contributed by atoms with Crippen molar-refractivity contribution in [2.45, 2.75) is 0 Å². The Bertz CT molecular complexity index is 713. The van der Waals surface area contributed by atoms with Crippen LogP contribution in [0.4, 0.5) is 11.5 Å². The summed E-state index contributed by atoms with van der Waals surface area (Å²) in [7, 11) is 0. The molecule has 0 saturated heterocycles. The van der Waals surface area contributed by atoms with Gasteiger partial charge in [-0.2, -0.15) is 8.75 Å². The summed E-state index contributed by atoms with van der Waals surface area (Å²) in [5, 5.41) is 5.88. The highest BCUT2D eigenvalue weighted by Gasteiger charge is 2.05. The summed E-state index contributed by atoms with van der Waals surface area (Å²) in [6, 6.07) is 12.3. The molecule has 0 fully saturated rings. The van der Waals surface area contributed by atoms with Crippen molar-refractivity contribution < 1.29 is 0 Å². The summed E-state index contributed by atoms with van der Waals surface area (Å²) >= 11 is 10.4. The third-order valence-corrected chi connectivity index (χ3v) is 3.90. The van der Waals surface area contributed by atoms with Crippen molar-refractivity contribution in [3.63, 3.8) is 0 Å². The first kappa shape index (κ1) is 11.9. The zero-order valence-electron chi connectivity index (χ0n) is 9.02. The van der Waals surface area contributed by atoms with Gasteiger partial charge in [0.05, 0.1) is 11.7 Å². The van der Waals surface area contributed by atoms with E-state index in [0.29, 0.717) is 11.0 Å². The number of benzene rings is 2. The Morgan fingerprint density at radius 3 is 2.61 bits per heavy atom. The highest BCUT2D eigenvalue weighted by Crippen LogP contribution is 2.26. The quantitative estimate of drug-likeness (QED) is 0.724. The lowest BCUT2D eigenvalue weighted by atomic mass is 10.1. The van der Waals surface area contributed by atoms with Crippen LogP contribution >= 0.6 is 39.3 Å². The molecule has 6 heteroatoms. The number of hydrogen-bond acceptors (Lipinski definition) is 4. The molecule has 90 valence electrons. The smallest absolute Gasteiger partial charge is 0.187 e. The van der Waals surface area contributed by atoms with Crippen LogP contribution in [-0.2, 0) is 0 Å². The Balaban J connectivity index is 1.99. The maximum atomic E-state index is 5.90. The van der Waals surface area contributed by atoms with Gasteiger partial charge < -0.3 is 5.32 Å². The highest BCUT2D eigenvalue weighted by molar-refractivity contribution is 9.10. The molecule has 0 saturated carbocycles. The molecule has 0 amide bonds. The van der Waals surface area contributed by atoms with Gasteiger partial charge in [-0.05, 0) is 35.0 Å². The van der Waals surface area contributed by atoms with Crippen molar-refractivity contribution >= 4 is 61.5 Å². The van der Waals surface area contributed by atoms with Crippen molar-refractivity contribution in [3.05, 3.63) is 46.0 Å². The van der Waals surface area contributed by atoms with Crippen LogP contribution in [-0.4, -0.2) is 8.75 Å². The van der Waals surface area contributed by atoms with Crippen molar-refractivity contribution in [1.29, 1.82) is 0 Å². The Labute approximate surface area is 121 Å². The number of nitrogens with zero attached hydrogens (tertiary/aromatic N) is 2. The van der Waals surface area contributed by atoms with Gasteiger partial charge in [-0.25, -0.2) is 0 Å². The predicted octanol–water partition coefficient (Wildman–Crippen LogP) is 4.85. The SMILES string of the molecule is Clc1nsnc1Nc1ccc2cc(Br)ccc2c1. The van der Waals surface area contributed by atoms with Gasteiger partial charge in [0.1, 0.15) is 0 Å². The molecule has 1 aromatic heterocycles. The zero-order chi connectivity index (χ0) is 12.5. The van der Waals surface area contributed by atoms with Gasteiger partial charge in [0.2, 0.25) is 0 Å². The number of halogens is 2. The molecule has 2 aromatic carbocycles. The summed E-state index contributed by atoms with van der Waals surface area (Å²) in [5.74, 6) is 0.595. The lowest BCUT2D eigenvalue weighted by Crippen LogP contribution is -1.90. The van der Waals surface area contributed by atoms with Crippen LogP contribution in [0, 0.1) is 0 Å². The van der Waals surface area contributed by atoms with E-state index in [0.717, 1.165) is 27.3 Å². The molecule has 0 spiro atoms. The van der Waals surface area contributed by atoms with Crippen LogP contribution in [0.15, 0.2) is 40.9 Å². The maximum absolute atomic E-state index is 5.90. The predicted molar refractivity (Wildman–Crippen MR) is 79.8 cm³/mol. The topological polar surface area (TPSA) is 37.8 Å². The van der Waals surface area contributed by atoms with Crippen LogP contribution in [0.5, 0.6) is 0 Å². The summed E-state index contributed by atoms with van der Waals surface area (Å²) in [6.07, 6.45) is 0. The number of nitrogens with one attached hydrogen (secondary N) is 1. The first-order valence-electron chi connectivity index (χ1n) is 5.17. The second-order valence-electron chi connectivity index (χ2n) is 3.73. The fourth-order valence-corrected chi connectivity index (χ4v) is 2.71. The van der Waals surface area contributed by atoms with E-state index in [1.165, 1.54) is 5.39 Å². The zero-order valence-corrected chi connectivity index (χ0v) is 12.2. The second-order valence-corrected chi connectivity index (χ2v) is 5.54. The molecule has 1 N–H and O–H groups in total. The van der Waals surface area contributed by atoms with E-state index >= 15 is 0 Å². The minimum atomic E-state index is 0.399. The Morgan fingerprint density at radius 2 is 1.83 bits per heavy atom. The maximum Gasteiger partial charge on any atom is 0.187 e. The van der Waals surface area contributed by atoms with E-state index in [9.17, 15) is 0 Å². The molecule has 18 heavy (non-hydrogen) atoms. The van der Waals surface area contributed by atoms with Crippen LogP contribution in [0.1, 0.15) is 0 Å². The van der Waals surface area contributed by atoms with E-state index in [2.05, 4.69) is 54.3 Å². The van der Waals surface area contributed by atoms with Crippen molar-refractivity contribution in [2.24, 2.45) is 0 Å². The molecule has 0 atom stereocenters. The second kappa shape index (κ2) is 4.84. The summed E-state index contributed by atoms with van der Waals surface area (Å²) < 4.78 is 9.07. The van der Waals surface area contributed by atoms with Gasteiger partial charge in [-0.1, -0.05) is 39.7 Å². The summed E-state index contributed by atoms with van der Waals surface area (Å²) in [5.41, 5.74) is 0.944. The van der Waals surface area contributed by atoms with Crippen molar-refractivity contribution in [1.82, 2.24) is 8.75 Å². The average Bonchev–Trinajstić information content (AvgIpc) is 2.75. The number of fused-ring (bicyclic) bond motifs is 1. The fourth-order valence-electron chi connectivity index (χ4n) is 1.68. The molecular formula is C12H7BrClN3S. The molecule has 3 nitrogen and oxygen atoms in total. The lowest BCUT2D eigenvalue weighted by Gasteiger charge is -2.05. The monoisotopic (exact) mass is 339 g/mol. The van der Waals surface area contributed by atoms with Crippen molar-refractivity contribution in [3.8, 4) is 0 Å². The molecular weight excluding hydrogens is 334 g/mol. The molecule has 0 aliphatic carbocycles. The number of hydrogen-bond donors (Lipinski definition) is 1. The van der Waals surface area contributed by atoms with Crippen LogP contribution in [0.2, 0.25) is 5.15 Å². The van der Waals surface area contributed by atoms with E-state index in [1.54, 1.807) is 0 Å². The third kappa shape index (κ3) is 2.34. The van der Waals surface area contributed by atoms with Crippen LogP contribution in [0.25, 0.3) is 10.8 Å². The van der Waals surface area contributed by atoms with Gasteiger partial charge in [0.15, 0.2) is 11.0 Å². The van der Waals surface area contributed by atoms with Crippen LogP contribution in [0.3, 0.4) is 0 Å². The Kier molecular flexibility index (Phi) is 3.20. The first-order chi connectivity index (χ1) is 8.72. The standard InChI is InChI=1S/C12H7BrClN3S/c13-9-3-1-8-6-10(4-2-7(8)5-9)15-12-11(14)16-18-17-12/h1-6H,(H,15,17). The molecule has 3 rings (SSSR count). The molecule has 3 aromatic rings. The van der Waals surface area contributed by atoms with Crippen LogP contribution < -0.4 is 5.32 Å². The Morgan fingerprint density at radius 1 is 1.06 bits per heavy atom. The van der Waals surface area contributed by atoms with Gasteiger partial charge in [0, 0.05) is 10.2 Å². The minimum absolute atomic E-state index is 0.399. The molecule has 0 radical (unpaired) electrons. The van der Waals surface area contributed by atoms with Gasteiger partial charge in [-0.3, -0.25) is 0 Å². The lowest BCUT2D eigenvalue weighted by molar-refractivity contribution is 1.45. The van der Waals surface area contributed by atoms with Gasteiger partial charge in [0.25, 0.3) is 0 Å². The number of anilines is 2. The number of aromatic nitrogens is 2. The molecule has 1 heterocycles. The van der Waals surface area contributed by atoms with E-state index in [1.807, 2.05) is 12.1 Å². The van der Waals surface area contributed by atoms with Crippen molar-refractivity contribution in [2.75, 3.05) is 5.32 Å².